The van der Waals surface area contributed by atoms with Gasteiger partial charge in [0.05, 0.1) is 6.54 Å². The molecule has 7 heteroatoms. The van der Waals surface area contributed by atoms with Gasteiger partial charge in [0.15, 0.2) is 0 Å². The number of halogens is 1. The summed E-state index contributed by atoms with van der Waals surface area (Å²) in [7, 11) is 1.48. The highest BCUT2D eigenvalue weighted by molar-refractivity contribution is 5.95. The van der Waals surface area contributed by atoms with Crippen LogP contribution in [0.4, 0.5) is 4.79 Å². The van der Waals surface area contributed by atoms with Crippen molar-refractivity contribution in [3.63, 3.8) is 0 Å². The lowest BCUT2D eigenvalue weighted by Gasteiger charge is -2.34. The summed E-state index contributed by atoms with van der Waals surface area (Å²) in [5.41, 5.74) is 5.87. The maximum Gasteiger partial charge on any atom is 0.321 e. The monoisotopic (exact) mass is 278 g/mol. The molecule has 1 saturated heterocycles. The Hall–Kier alpha value is -0.850. The summed E-state index contributed by atoms with van der Waals surface area (Å²) in [6, 6.07) is -0.310. The van der Waals surface area contributed by atoms with Gasteiger partial charge in [-0.1, -0.05) is 0 Å². The Morgan fingerprint density at radius 3 is 2.72 bits per heavy atom. The number of likely N-dealkylation sites (tertiary alicyclic amines) is 1. The van der Waals surface area contributed by atoms with Crippen LogP contribution in [-0.2, 0) is 4.79 Å². The van der Waals surface area contributed by atoms with Crippen molar-refractivity contribution in [3.05, 3.63) is 0 Å². The number of nitrogens with one attached hydrogen (secondary N) is 2. The van der Waals surface area contributed by atoms with Gasteiger partial charge >= 0.3 is 6.03 Å². The van der Waals surface area contributed by atoms with Gasteiger partial charge in [0.25, 0.3) is 0 Å². The van der Waals surface area contributed by atoms with Crippen molar-refractivity contribution >= 4 is 24.3 Å². The first-order valence-corrected chi connectivity index (χ1v) is 6.02. The Balaban J connectivity index is 0.00000289. The predicted molar refractivity (Wildman–Crippen MR) is 72.7 cm³/mol. The highest BCUT2D eigenvalue weighted by atomic mass is 35.5. The lowest BCUT2D eigenvalue weighted by molar-refractivity contribution is -0.121. The molecule has 1 aliphatic rings. The molecule has 1 aliphatic heterocycles. The molecule has 2 atom stereocenters. The van der Waals surface area contributed by atoms with Crippen LogP contribution in [0.3, 0.4) is 0 Å². The van der Waals surface area contributed by atoms with E-state index in [2.05, 4.69) is 15.5 Å². The van der Waals surface area contributed by atoms with Crippen LogP contribution in [0, 0.1) is 5.92 Å². The standard InChI is InChI=1S/C11H22N4O2.ClH/c1-8(12)9-4-3-5-15(6-9)7-10(16)14-11(17)13-2;/h8-9H,3-7,12H2,1-2H3,(H2,13,14,16,17);1H. The number of hydrogen-bond donors (Lipinski definition) is 3. The first-order chi connectivity index (χ1) is 8.02. The normalized spacial score (nSPS) is 21.6. The lowest BCUT2D eigenvalue weighted by Crippen LogP contribution is -2.48. The number of rotatable bonds is 3. The zero-order valence-corrected chi connectivity index (χ0v) is 11.8. The van der Waals surface area contributed by atoms with Crippen LogP contribution in [0.2, 0.25) is 0 Å². The number of piperidine rings is 1. The second-order valence-corrected chi connectivity index (χ2v) is 4.62. The molecule has 0 aliphatic carbocycles. The van der Waals surface area contributed by atoms with Crippen LogP contribution in [0.25, 0.3) is 0 Å². The van der Waals surface area contributed by atoms with Gasteiger partial charge in [0, 0.05) is 19.6 Å². The molecule has 1 fully saturated rings. The number of amides is 3. The second kappa shape index (κ2) is 8.29. The molecule has 0 bridgehead atoms. The quantitative estimate of drug-likeness (QED) is 0.674. The molecule has 1 rings (SSSR count). The topological polar surface area (TPSA) is 87.5 Å². The van der Waals surface area contributed by atoms with Crippen molar-refractivity contribution in [1.82, 2.24) is 15.5 Å². The zero-order chi connectivity index (χ0) is 12.8. The molecule has 0 aromatic heterocycles. The molecule has 18 heavy (non-hydrogen) atoms. The molecular weight excluding hydrogens is 256 g/mol. The Kier molecular flexibility index (Phi) is 7.90. The molecule has 0 radical (unpaired) electrons. The molecule has 1 heterocycles. The summed E-state index contributed by atoms with van der Waals surface area (Å²) < 4.78 is 0. The van der Waals surface area contributed by atoms with E-state index in [0.717, 1.165) is 25.9 Å². The van der Waals surface area contributed by atoms with Crippen molar-refractivity contribution in [3.8, 4) is 0 Å². The van der Waals surface area contributed by atoms with Gasteiger partial charge in [-0.3, -0.25) is 15.0 Å². The van der Waals surface area contributed by atoms with E-state index in [1.807, 2.05) is 6.92 Å². The van der Waals surface area contributed by atoms with E-state index in [0.29, 0.717) is 5.92 Å². The summed E-state index contributed by atoms with van der Waals surface area (Å²) >= 11 is 0. The fraction of sp³-hybridized carbons (Fsp3) is 0.818. The second-order valence-electron chi connectivity index (χ2n) is 4.62. The summed E-state index contributed by atoms with van der Waals surface area (Å²) in [6.07, 6.45) is 2.17. The van der Waals surface area contributed by atoms with E-state index in [9.17, 15) is 9.59 Å². The van der Waals surface area contributed by atoms with Crippen LogP contribution in [0.15, 0.2) is 0 Å². The lowest BCUT2D eigenvalue weighted by atomic mass is 9.92. The molecule has 2 unspecified atom stereocenters. The minimum absolute atomic E-state index is 0. The van der Waals surface area contributed by atoms with Crippen molar-refractivity contribution < 1.29 is 9.59 Å². The minimum atomic E-state index is -0.462. The summed E-state index contributed by atoms with van der Waals surface area (Å²) in [4.78, 5) is 24.5. The number of urea groups is 1. The van der Waals surface area contributed by atoms with Crippen molar-refractivity contribution in [1.29, 1.82) is 0 Å². The van der Waals surface area contributed by atoms with E-state index < -0.39 is 6.03 Å². The van der Waals surface area contributed by atoms with Crippen molar-refractivity contribution in [2.24, 2.45) is 11.7 Å². The van der Waals surface area contributed by atoms with Crippen LogP contribution in [0.5, 0.6) is 0 Å². The van der Waals surface area contributed by atoms with Gasteiger partial charge in [0.1, 0.15) is 0 Å². The molecule has 0 aromatic rings. The van der Waals surface area contributed by atoms with Gasteiger partial charge in [-0.25, -0.2) is 4.79 Å². The zero-order valence-electron chi connectivity index (χ0n) is 10.9. The minimum Gasteiger partial charge on any atom is -0.341 e. The highest BCUT2D eigenvalue weighted by Crippen LogP contribution is 2.18. The maximum absolute atomic E-state index is 11.5. The molecule has 3 amide bonds. The van der Waals surface area contributed by atoms with E-state index in [1.54, 1.807) is 0 Å². The fourth-order valence-electron chi connectivity index (χ4n) is 2.10. The first-order valence-electron chi connectivity index (χ1n) is 6.02. The Labute approximate surface area is 114 Å². The number of nitrogens with zero attached hydrogens (tertiary/aromatic N) is 1. The molecule has 0 saturated carbocycles. The van der Waals surface area contributed by atoms with E-state index in [-0.39, 0.29) is 30.9 Å². The van der Waals surface area contributed by atoms with Crippen LogP contribution < -0.4 is 16.4 Å². The van der Waals surface area contributed by atoms with Gasteiger partial charge < -0.3 is 11.1 Å². The van der Waals surface area contributed by atoms with Crippen molar-refractivity contribution in [2.45, 2.75) is 25.8 Å². The number of imide groups is 1. The maximum atomic E-state index is 11.5. The van der Waals surface area contributed by atoms with Gasteiger partial charge in [-0.05, 0) is 32.2 Å². The average Bonchev–Trinajstić information content (AvgIpc) is 2.28. The van der Waals surface area contributed by atoms with Gasteiger partial charge in [-0.15, -0.1) is 12.4 Å². The third-order valence-electron chi connectivity index (χ3n) is 3.13. The Morgan fingerprint density at radius 2 is 2.17 bits per heavy atom. The van der Waals surface area contributed by atoms with Crippen LogP contribution >= 0.6 is 12.4 Å². The van der Waals surface area contributed by atoms with Crippen molar-refractivity contribution in [2.75, 3.05) is 26.7 Å². The summed E-state index contributed by atoms with van der Waals surface area (Å²) in [5, 5.41) is 4.61. The van der Waals surface area contributed by atoms with Crippen LogP contribution in [-0.4, -0.2) is 49.6 Å². The summed E-state index contributed by atoms with van der Waals surface area (Å²) in [5.74, 6) is 0.172. The number of nitrogens with two attached hydrogens (primary N) is 1. The van der Waals surface area contributed by atoms with Gasteiger partial charge in [-0.2, -0.15) is 0 Å². The third-order valence-corrected chi connectivity index (χ3v) is 3.13. The molecule has 4 N–H and O–H groups in total. The Morgan fingerprint density at radius 1 is 1.50 bits per heavy atom. The first kappa shape index (κ1) is 17.2. The average molecular weight is 279 g/mol. The van der Waals surface area contributed by atoms with Crippen LogP contribution in [0.1, 0.15) is 19.8 Å². The number of carbonyl (C=O) groups is 2. The molecular formula is C11H23ClN4O2. The number of hydrogen-bond acceptors (Lipinski definition) is 4. The molecule has 0 aromatic carbocycles. The smallest absolute Gasteiger partial charge is 0.321 e. The van der Waals surface area contributed by atoms with Gasteiger partial charge in [0.2, 0.25) is 5.91 Å². The summed E-state index contributed by atoms with van der Waals surface area (Å²) in [6.45, 7) is 3.98. The fourth-order valence-corrected chi connectivity index (χ4v) is 2.10. The molecule has 0 spiro atoms. The predicted octanol–water partition coefficient (Wildman–Crippen LogP) is -0.0770. The highest BCUT2D eigenvalue weighted by Gasteiger charge is 2.24. The SMILES string of the molecule is CNC(=O)NC(=O)CN1CCCC(C(C)N)C1.Cl. The Bertz CT molecular complexity index is 286. The van der Waals surface area contributed by atoms with E-state index in [4.69, 9.17) is 5.73 Å². The third kappa shape index (κ3) is 5.66. The van der Waals surface area contributed by atoms with E-state index >= 15 is 0 Å². The largest absolute Gasteiger partial charge is 0.341 e. The molecule has 6 nitrogen and oxygen atoms in total. The number of carbonyl (C=O) groups excluding carboxylic acids is 2. The van der Waals surface area contributed by atoms with E-state index in [1.165, 1.54) is 7.05 Å². The molecule has 106 valence electrons.